The van der Waals surface area contributed by atoms with Gasteiger partial charge in [-0.05, 0) is 48.5 Å². The lowest BCUT2D eigenvalue weighted by Gasteiger charge is -2.40. The van der Waals surface area contributed by atoms with Crippen LogP contribution >= 0.6 is 0 Å². The number of amides is 2. The molecule has 0 aliphatic carbocycles. The Morgan fingerprint density at radius 1 is 0.900 bits per heavy atom. The number of rotatable bonds is 6. The number of ketones is 1. The van der Waals surface area contributed by atoms with Gasteiger partial charge in [0.15, 0.2) is 12.1 Å². The molecule has 9 nitrogen and oxygen atoms in total. The SMILES string of the molecule is COc1ccc(C(=O)CN2NC3N(CCN3c3ccc(OC)cc3)C(=O)C2=O)cc1. The number of hydrazine groups is 1. The molecule has 2 aromatic rings. The third-order valence-corrected chi connectivity index (χ3v) is 5.25. The number of anilines is 1. The molecule has 0 spiro atoms. The summed E-state index contributed by atoms with van der Waals surface area (Å²) < 4.78 is 10.3. The van der Waals surface area contributed by atoms with E-state index in [2.05, 4.69) is 5.43 Å². The van der Waals surface area contributed by atoms with E-state index in [1.165, 1.54) is 4.90 Å². The first kappa shape index (κ1) is 19.7. The van der Waals surface area contributed by atoms with Crippen LogP contribution in [0.25, 0.3) is 0 Å². The standard InChI is InChI=1S/C21H22N4O5/c1-29-16-7-3-14(4-8-16)18(26)13-25-20(28)19(27)24-12-11-23(21(24)22-25)15-5-9-17(30-2)10-6-15/h3-10,21-22H,11-13H2,1-2H3. The Morgan fingerprint density at radius 3 is 2.07 bits per heavy atom. The Bertz CT molecular complexity index is 960. The van der Waals surface area contributed by atoms with Gasteiger partial charge in [0.2, 0.25) is 0 Å². The number of hydrogen-bond acceptors (Lipinski definition) is 7. The Kier molecular flexibility index (Phi) is 5.28. The molecule has 1 unspecified atom stereocenters. The van der Waals surface area contributed by atoms with Crippen LogP contribution in [0.2, 0.25) is 0 Å². The maximum absolute atomic E-state index is 12.7. The molecule has 9 heteroatoms. The lowest BCUT2D eigenvalue weighted by atomic mass is 10.1. The minimum atomic E-state index is -0.746. The van der Waals surface area contributed by atoms with E-state index in [-0.39, 0.29) is 12.3 Å². The first-order valence-electron chi connectivity index (χ1n) is 9.48. The average molecular weight is 410 g/mol. The number of hydrogen-bond donors (Lipinski definition) is 1. The van der Waals surface area contributed by atoms with Gasteiger partial charge in [-0.2, -0.15) is 5.43 Å². The number of carbonyl (C=O) groups is 3. The number of Topliss-reactive ketones (excluding diaryl/α,β-unsaturated/α-hetero) is 1. The fourth-order valence-corrected chi connectivity index (χ4v) is 3.59. The van der Waals surface area contributed by atoms with E-state index in [4.69, 9.17) is 9.47 Å². The second kappa shape index (κ2) is 8.03. The molecule has 2 saturated heterocycles. The van der Waals surface area contributed by atoms with E-state index < -0.39 is 18.1 Å². The summed E-state index contributed by atoms with van der Waals surface area (Å²) in [5.74, 6) is -0.300. The van der Waals surface area contributed by atoms with Crippen molar-refractivity contribution in [3.05, 3.63) is 54.1 Å². The Morgan fingerprint density at radius 2 is 1.47 bits per heavy atom. The van der Waals surface area contributed by atoms with Crippen LogP contribution in [0, 0.1) is 0 Å². The van der Waals surface area contributed by atoms with Crippen molar-refractivity contribution in [3.63, 3.8) is 0 Å². The second-order valence-electron chi connectivity index (χ2n) is 6.94. The molecular formula is C21H22N4O5. The quantitative estimate of drug-likeness (QED) is 0.558. The molecule has 1 N–H and O–H groups in total. The molecule has 4 rings (SSSR count). The van der Waals surface area contributed by atoms with Crippen LogP contribution < -0.4 is 19.8 Å². The van der Waals surface area contributed by atoms with Gasteiger partial charge in [0.1, 0.15) is 18.0 Å². The maximum atomic E-state index is 12.7. The van der Waals surface area contributed by atoms with Gasteiger partial charge in [-0.25, -0.2) is 0 Å². The summed E-state index contributed by atoms with van der Waals surface area (Å²) in [5.41, 5.74) is 4.34. The molecule has 2 heterocycles. The van der Waals surface area contributed by atoms with Crippen molar-refractivity contribution in [3.8, 4) is 11.5 Å². The molecule has 2 aromatic carbocycles. The smallest absolute Gasteiger partial charge is 0.326 e. The zero-order chi connectivity index (χ0) is 21.3. The highest BCUT2D eigenvalue weighted by atomic mass is 16.5. The molecule has 2 aliphatic heterocycles. The predicted octanol–water partition coefficient (Wildman–Crippen LogP) is 0.866. The van der Waals surface area contributed by atoms with Crippen LogP contribution in [0.1, 0.15) is 10.4 Å². The van der Waals surface area contributed by atoms with E-state index in [1.807, 2.05) is 29.2 Å². The minimum absolute atomic E-state index is 0.252. The molecule has 2 aliphatic rings. The van der Waals surface area contributed by atoms with E-state index in [0.29, 0.717) is 24.4 Å². The van der Waals surface area contributed by atoms with Gasteiger partial charge in [0.25, 0.3) is 0 Å². The topological polar surface area (TPSA) is 91.4 Å². The number of nitrogens with zero attached hydrogens (tertiary/aromatic N) is 3. The summed E-state index contributed by atoms with van der Waals surface area (Å²) in [7, 11) is 3.14. The predicted molar refractivity (Wildman–Crippen MR) is 108 cm³/mol. The minimum Gasteiger partial charge on any atom is -0.497 e. The summed E-state index contributed by atoms with van der Waals surface area (Å²) in [4.78, 5) is 41.2. The van der Waals surface area contributed by atoms with Crippen molar-refractivity contribution in [2.75, 3.05) is 38.8 Å². The van der Waals surface area contributed by atoms with Crippen LogP contribution in [-0.4, -0.2) is 67.7 Å². The fourth-order valence-electron chi connectivity index (χ4n) is 3.59. The van der Waals surface area contributed by atoms with Gasteiger partial charge in [-0.1, -0.05) is 0 Å². The van der Waals surface area contributed by atoms with Crippen molar-refractivity contribution in [2.45, 2.75) is 6.29 Å². The van der Waals surface area contributed by atoms with E-state index in [0.717, 1.165) is 16.4 Å². The molecule has 0 radical (unpaired) electrons. The molecule has 1 atom stereocenters. The van der Waals surface area contributed by atoms with Gasteiger partial charge >= 0.3 is 11.8 Å². The van der Waals surface area contributed by atoms with Crippen molar-refractivity contribution in [1.82, 2.24) is 15.3 Å². The summed E-state index contributed by atoms with van der Waals surface area (Å²) in [6.07, 6.45) is -0.549. The number of benzene rings is 2. The lowest BCUT2D eigenvalue weighted by molar-refractivity contribution is -0.162. The third-order valence-electron chi connectivity index (χ3n) is 5.25. The highest BCUT2D eigenvalue weighted by Gasteiger charge is 2.45. The molecule has 2 fully saturated rings. The number of carbonyl (C=O) groups excluding carboxylic acids is 3. The molecule has 0 aromatic heterocycles. The van der Waals surface area contributed by atoms with Crippen molar-refractivity contribution < 1.29 is 23.9 Å². The van der Waals surface area contributed by atoms with E-state index in [9.17, 15) is 14.4 Å². The van der Waals surface area contributed by atoms with E-state index in [1.54, 1.807) is 38.5 Å². The Balaban J connectivity index is 1.51. The van der Waals surface area contributed by atoms with Crippen molar-refractivity contribution >= 4 is 23.3 Å². The van der Waals surface area contributed by atoms with Crippen LogP contribution in [0.15, 0.2) is 48.5 Å². The third kappa shape index (κ3) is 3.55. The van der Waals surface area contributed by atoms with Crippen molar-refractivity contribution in [1.29, 1.82) is 0 Å². The molecular weight excluding hydrogens is 388 g/mol. The summed E-state index contributed by atoms with van der Waals surface area (Å²) in [5, 5.41) is 1.10. The van der Waals surface area contributed by atoms with Gasteiger partial charge in [-0.15, -0.1) is 0 Å². The molecule has 30 heavy (non-hydrogen) atoms. The van der Waals surface area contributed by atoms with Gasteiger partial charge < -0.3 is 14.4 Å². The second-order valence-corrected chi connectivity index (χ2v) is 6.94. The zero-order valence-corrected chi connectivity index (χ0v) is 16.7. The number of fused-ring (bicyclic) bond motifs is 1. The molecule has 156 valence electrons. The molecule has 0 saturated carbocycles. The highest BCUT2D eigenvalue weighted by Crippen LogP contribution is 2.27. The van der Waals surface area contributed by atoms with Crippen LogP contribution in [0.5, 0.6) is 11.5 Å². The maximum Gasteiger partial charge on any atom is 0.326 e. The molecule has 0 bridgehead atoms. The average Bonchev–Trinajstić information content (AvgIpc) is 3.21. The number of nitrogens with one attached hydrogen (secondary N) is 1. The van der Waals surface area contributed by atoms with Crippen LogP contribution in [0.3, 0.4) is 0 Å². The number of ether oxygens (including phenoxy) is 2. The summed E-state index contributed by atoms with van der Waals surface area (Å²) in [6, 6.07) is 14.0. The lowest BCUT2D eigenvalue weighted by Crippen LogP contribution is -2.68. The summed E-state index contributed by atoms with van der Waals surface area (Å²) in [6.45, 7) is 0.718. The fraction of sp³-hybridized carbons (Fsp3) is 0.286. The van der Waals surface area contributed by atoms with Crippen LogP contribution in [0.4, 0.5) is 5.69 Å². The normalized spacial score (nSPS) is 18.5. The van der Waals surface area contributed by atoms with E-state index >= 15 is 0 Å². The number of methoxy groups -OCH3 is 2. The van der Waals surface area contributed by atoms with Gasteiger partial charge in [-0.3, -0.25) is 24.3 Å². The van der Waals surface area contributed by atoms with Crippen molar-refractivity contribution in [2.24, 2.45) is 0 Å². The first-order chi connectivity index (χ1) is 14.5. The van der Waals surface area contributed by atoms with Crippen LogP contribution in [-0.2, 0) is 9.59 Å². The monoisotopic (exact) mass is 410 g/mol. The largest absolute Gasteiger partial charge is 0.497 e. The molecule has 2 amide bonds. The Labute approximate surface area is 173 Å². The Hall–Kier alpha value is -3.59. The first-order valence-corrected chi connectivity index (χ1v) is 9.48. The van der Waals surface area contributed by atoms with Gasteiger partial charge in [0, 0.05) is 24.3 Å². The zero-order valence-electron chi connectivity index (χ0n) is 16.7. The summed E-state index contributed by atoms with van der Waals surface area (Å²) >= 11 is 0. The van der Waals surface area contributed by atoms with Gasteiger partial charge in [0.05, 0.1) is 14.2 Å². The highest BCUT2D eigenvalue weighted by molar-refractivity contribution is 6.35.